The summed E-state index contributed by atoms with van der Waals surface area (Å²) in [5.74, 6) is -1.35. The highest BCUT2D eigenvalue weighted by Crippen LogP contribution is 2.26. The Labute approximate surface area is 150 Å². The minimum absolute atomic E-state index is 0.173. The molecule has 1 aliphatic heterocycles. The zero-order chi connectivity index (χ0) is 18.4. The van der Waals surface area contributed by atoms with Gasteiger partial charge in [-0.2, -0.15) is 0 Å². The fourth-order valence-corrected chi connectivity index (χ4v) is 2.75. The van der Waals surface area contributed by atoms with Gasteiger partial charge in [0.15, 0.2) is 0 Å². The van der Waals surface area contributed by atoms with Crippen LogP contribution in [0.1, 0.15) is 10.4 Å². The minimum atomic E-state index is -0.499. The van der Waals surface area contributed by atoms with Crippen molar-refractivity contribution in [3.63, 3.8) is 0 Å². The number of rotatable bonds is 5. The van der Waals surface area contributed by atoms with E-state index in [2.05, 4.69) is 15.5 Å². The van der Waals surface area contributed by atoms with Crippen molar-refractivity contribution in [2.45, 2.75) is 0 Å². The van der Waals surface area contributed by atoms with Crippen LogP contribution in [0, 0.1) is 5.82 Å². The van der Waals surface area contributed by atoms with Crippen molar-refractivity contribution in [3.8, 4) is 0 Å². The van der Waals surface area contributed by atoms with Gasteiger partial charge >= 0.3 is 0 Å². The monoisotopic (exact) mass is 357 g/mol. The van der Waals surface area contributed by atoms with Crippen LogP contribution in [0.25, 0.3) is 0 Å². The van der Waals surface area contributed by atoms with Crippen molar-refractivity contribution in [1.82, 2.24) is 5.32 Å². The summed E-state index contributed by atoms with van der Waals surface area (Å²) in [6, 6.07) is 12.8. The van der Waals surface area contributed by atoms with Crippen molar-refractivity contribution >= 4 is 23.2 Å². The van der Waals surface area contributed by atoms with Crippen LogP contribution < -0.4 is 15.5 Å². The van der Waals surface area contributed by atoms with Crippen LogP contribution in [0.5, 0.6) is 0 Å². The van der Waals surface area contributed by atoms with Crippen molar-refractivity contribution in [3.05, 3.63) is 59.9 Å². The van der Waals surface area contributed by atoms with E-state index < -0.39 is 11.7 Å². The van der Waals surface area contributed by atoms with Crippen molar-refractivity contribution < 1.29 is 18.7 Å². The average Bonchev–Trinajstić information content (AvgIpc) is 2.67. The van der Waals surface area contributed by atoms with Crippen molar-refractivity contribution in [1.29, 1.82) is 0 Å². The first-order valence-electron chi connectivity index (χ1n) is 8.39. The Balaban J connectivity index is 1.59. The molecule has 26 heavy (non-hydrogen) atoms. The number of anilines is 2. The van der Waals surface area contributed by atoms with Gasteiger partial charge in [0.05, 0.1) is 31.1 Å². The number of nitrogens with one attached hydrogen (secondary N) is 2. The molecule has 6 nitrogen and oxygen atoms in total. The molecule has 2 amide bonds. The second kappa shape index (κ2) is 8.44. The minimum Gasteiger partial charge on any atom is -0.378 e. The summed E-state index contributed by atoms with van der Waals surface area (Å²) < 4.78 is 18.5. The molecule has 136 valence electrons. The van der Waals surface area contributed by atoms with Crippen molar-refractivity contribution in [2.75, 3.05) is 43.1 Å². The highest BCUT2D eigenvalue weighted by atomic mass is 19.1. The molecule has 0 spiro atoms. The summed E-state index contributed by atoms with van der Waals surface area (Å²) in [6.07, 6.45) is 0. The number of hydrogen-bond donors (Lipinski definition) is 2. The molecule has 0 aromatic heterocycles. The van der Waals surface area contributed by atoms with Crippen LogP contribution in [0.4, 0.5) is 15.8 Å². The second-order valence-corrected chi connectivity index (χ2v) is 5.86. The summed E-state index contributed by atoms with van der Waals surface area (Å²) in [7, 11) is 0. The van der Waals surface area contributed by atoms with E-state index in [-0.39, 0.29) is 18.0 Å². The fraction of sp³-hybridized carbons (Fsp3) is 0.263. The highest BCUT2D eigenvalue weighted by molar-refractivity contribution is 6.00. The lowest BCUT2D eigenvalue weighted by Crippen LogP contribution is -2.37. The summed E-state index contributed by atoms with van der Waals surface area (Å²) >= 11 is 0. The van der Waals surface area contributed by atoms with Gasteiger partial charge in [0.1, 0.15) is 5.82 Å². The lowest BCUT2D eigenvalue weighted by atomic mass is 10.2. The highest BCUT2D eigenvalue weighted by Gasteiger charge is 2.16. The fourth-order valence-electron chi connectivity index (χ4n) is 2.75. The maximum absolute atomic E-state index is 13.2. The quantitative estimate of drug-likeness (QED) is 0.859. The van der Waals surface area contributed by atoms with E-state index in [0.717, 1.165) is 24.8 Å². The third-order valence-corrected chi connectivity index (χ3v) is 4.03. The number of morpholine rings is 1. The number of carbonyl (C=O) groups excluding carboxylic acids is 2. The number of hydrogen-bond acceptors (Lipinski definition) is 4. The van der Waals surface area contributed by atoms with E-state index in [0.29, 0.717) is 18.9 Å². The Bertz CT molecular complexity index is 791. The third-order valence-electron chi connectivity index (χ3n) is 4.03. The predicted octanol–water partition coefficient (Wildman–Crippen LogP) is 2.03. The first kappa shape index (κ1) is 17.9. The molecule has 2 aromatic rings. The van der Waals surface area contributed by atoms with Gasteiger partial charge in [0.2, 0.25) is 5.91 Å². The standard InChI is InChI=1S/C19H20FN3O3/c20-15-5-3-4-14(12-15)19(25)21-13-18(24)22-16-6-1-2-7-17(16)23-8-10-26-11-9-23/h1-7,12H,8-11,13H2,(H,21,25)(H,22,24). The van der Waals surface area contributed by atoms with Crippen LogP contribution in [0.15, 0.2) is 48.5 Å². The maximum atomic E-state index is 13.2. The van der Waals surface area contributed by atoms with Gasteiger partial charge in [0.25, 0.3) is 5.91 Å². The van der Waals surface area contributed by atoms with Crippen LogP contribution >= 0.6 is 0 Å². The van der Waals surface area contributed by atoms with Crippen LogP contribution in [-0.2, 0) is 9.53 Å². The SMILES string of the molecule is O=C(CNC(=O)c1cccc(F)c1)Nc1ccccc1N1CCOCC1. The van der Waals surface area contributed by atoms with Crippen LogP contribution in [-0.4, -0.2) is 44.7 Å². The molecule has 0 saturated carbocycles. The largest absolute Gasteiger partial charge is 0.378 e. The van der Waals surface area contributed by atoms with Gasteiger partial charge < -0.3 is 20.3 Å². The lowest BCUT2D eigenvalue weighted by Gasteiger charge is -2.30. The zero-order valence-electron chi connectivity index (χ0n) is 14.2. The molecule has 0 atom stereocenters. The summed E-state index contributed by atoms with van der Waals surface area (Å²) in [4.78, 5) is 26.3. The molecule has 2 aromatic carbocycles. The smallest absolute Gasteiger partial charge is 0.251 e. The topological polar surface area (TPSA) is 70.7 Å². The molecule has 0 unspecified atom stereocenters. The first-order valence-corrected chi connectivity index (χ1v) is 8.39. The van der Waals surface area contributed by atoms with Crippen LogP contribution in [0.3, 0.4) is 0 Å². The number of benzene rings is 2. The van der Waals surface area contributed by atoms with E-state index in [4.69, 9.17) is 4.74 Å². The van der Waals surface area contributed by atoms with Gasteiger partial charge in [-0.1, -0.05) is 18.2 Å². The summed E-state index contributed by atoms with van der Waals surface area (Å²) in [6.45, 7) is 2.59. The first-order chi connectivity index (χ1) is 12.6. The molecule has 1 fully saturated rings. The number of para-hydroxylation sites is 2. The molecule has 0 bridgehead atoms. The molecule has 2 N–H and O–H groups in total. The molecule has 1 heterocycles. The number of nitrogens with zero attached hydrogens (tertiary/aromatic N) is 1. The van der Waals surface area contributed by atoms with Gasteiger partial charge in [-0.25, -0.2) is 4.39 Å². The Morgan fingerprint density at radius 3 is 2.62 bits per heavy atom. The Morgan fingerprint density at radius 1 is 1.08 bits per heavy atom. The molecular weight excluding hydrogens is 337 g/mol. The summed E-state index contributed by atoms with van der Waals surface area (Å²) in [5, 5.41) is 5.31. The Morgan fingerprint density at radius 2 is 1.85 bits per heavy atom. The van der Waals surface area contributed by atoms with E-state index >= 15 is 0 Å². The molecule has 1 aliphatic rings. The molecular formula is C19H20FN3O3. The zero-order valence-corrected chi connectivity index (χ0v) is 14.2. The van der Waals surface area contributed by atoms with Gasteiger partial charge in [-0.15, -0.1) is 0 Å². The summed E-state index contributed by atoms with van der Waals surface area (Å²) in [5.41, 5.74) is 1.77. The number of ether oxygens (including phenoxy) is 1. The van der Waals surface area contributed by atoms with E-state index in [1.54, 1.807) is 0 Å². The number of halogens is 1. The second-order valence-electron chi connectivity index (χ2n) is 5.86. The van der Waals surface area contributed by atoms with Gasteiger partial charge in [-0.3, -0.25) is 9.59 Å². The Hall–Kier alpha value is -2.93. The lowest BCUT2D eigenvalue weighted by molar-refractivity contribution is -0.115. The van der Waals surface area contributed by atoms with E-state index in [9.17, 15) is 14.0 Å². The van der Waals surface area contributed by atoms with Crippen LogP contribution in [0.2, 0.25) is 0 Å². The molecule has 3 rings (SSSR count). The number of carbonyl (C=O) groups is 2. The molecule has 7 heteroatoms. The van der Waals surface area contributed by atoms with E-state index in [1.165, 1.54) is 18.2 Å². The number of amides is 2. The molecule has 0 radical (unpaired) electrons. The normalized spacial score (nSPS) is 14.0. The van der Waals surface area contributed by atoms with Gasteiger partial charge in [0, 0.05) is 18.7 Å². The van der Waals surface area contributed by atoms with Crippen molar-refractivity contribution in [2.24, 2.45) is 0 Å². The third kappa shape index (κ3) is 4.58. The van der Waals surface area contributed by atoms with Gasteiger partial charge in [-0.05, 0) is 30.3 Å². The molecule has 0 aliphatic carbocycles. The van der Waals surface area contributed by atoms with E-state index in [1.807, 2.05) is 24.3 Å². The average molecular weight is 357 g/mol. The predicted molar refractivity (Wildman–Crippen MR) is 96.8 cm³/mol. The molecule has 1 saturated heterocycles. The maximum Gasteiger partial charge on any atom is 0.251 e. The Kier molecular flexibility index (Phi) is 5.80.